The van der Waals surface area contributed by atoms with E-state index in [9.17, 15) is 14.9 Å². The van der Waals surface area contributed by atoms with Gasteiger partial charge in [0.2, 0.25) is 5.91 Å². The van der Waals surface area contributed by atoms with Gasteiger partial charge in [0, 0.05) is 18.2 Å². The molecule has 1 heterocycles. The Balaban J connectivity index is 2.09. The molecule has 0 saturated carbocycles. The van der Waals surface area contributed by atoms with Crippen LogP contribution in [0.15, 0.2) is 18.2 Å². The molecule has 0 atom stereocenters. The number of carbonyl (C=O) groups is 1. The maximum Gasteiger partial charge on any atom is 0.293 e. The molecule has 1 aromatic rings. The fraction of sp³-hybridized carbons (Fsp3) is 0.462. The SMILES string of the molecule is NC(=O)c1ccc(NCC2CCNCC2)c([N+](=O)[O-])c1. The van der Waals surface area contributed by atoms with Crippen LogP contribution in [0.25, 0.3) is 0 Å². The molecule has 1 fully saturated rings. The highest BCUT2D eigenvalue weighted by atomic mass is 16.6. The highest BCUT2D eigenvalue weighted by Crippen LogP contribution is 2.26. The van der Waals surface area contributed by atoms with Crippen molar-refractivity contribution in [1.82, 2.24) is 5.32 Å². The predicted octanol–water partition coefficient (Wildman–Crippen LogP) is 1.11. The van der Waals surface area contributed by atoms with E-state index in [0.717, 1.165) is 25.9 Å². The Hall–Kier alpha value is -2.15. The van der Waals surface area contributed by atoms with Gasteiger partial charge in [0.05, 0.1) is 4.92 Å². The van der Waals surface area contributed by atoms with Crippen LogP contribution >= 0.6 is 0 Å². The van der Waals surface area contributed by atoms with Gasteiger partial charge < -0.3 is 16.4 Å². The molecule has 7 nitrogen and oxygen atoms in total. The third kappa shape index (κ3) is 3.45. The molecule has 0 aliphatic carbocycles. The van der Waals surface area contributed by atoms with E-state index in [2.05, 4.69) is 10.6 Å². The number of nitro groups is 1. The van der Waals surface area contributed by atoms with Crippen molar-refractivity contribution in [2.75, 3.05) is 25.0 Å². The Morgan fingerprint density at radius 3 is 2.75 bits per heavy atom. The lowest BCUT2D eigenvalue weighted by Crippen LogP contribution is -2.31. The lowest BCUT2D eigenvalue weighted by Gasteiger charge is -2.23. The van der Waals surface area contributed by atoms with Crippen molar-refractivity contribution >= 4 is 17.3 Å². The highest BCUT2D eigenvalue weighted by Gasteiger charge is 2.18. The van der Waals surface area contributed by atoms with Gasteiger partial charge in [0.25, 0.3) is 5.69 Å². The zero-order chi connectivity index (χ0) is 14.5. The second-order valence-electron chi connectivity index (χ2n) is 4.93. The number of nitrogens with one attached hydrogen (secondary N) is 2. The molecule has 2 rings (SSSR count). The zero-order valence-electron chi connectivity index (χ0n) is 11.1. The van der Waals surface area contributed by atoms with E-state index < -0.39 is 10.8 Å². The molecular formula is C13H18N4O3. The molecule has 1 aliphatic rings. The van der Waals surface area contributed by atoms with Crippen LogP contribution in [0.2, 0.25) is 0 Å². The standard InChI is InChI=1S/C13H18N4O3/c14-13(18)10-1-2-11(12(7-10)17(19)20)16-8-9-3-5-15-6-4-9/h1-2,7,9,15-16H,3-6,8H2,(H2,14,18). The smallest absolute Gasteiger partial charge is 0.293 e. The van der Waals surface area contributed by atoms with Crippen LogP contribution in [0.3, 0.4) is 0 Å². The molecule has 7 heteroatoms. The number of amides is 1. The van der Waals surface area contributed by atoms with Gasteiger partial charge in [-0.15, -0.1) is 0 Å². The first-order chi connectivity index (χ1) is 9.58. The number of benzene rings is 1. The van der Waals surface area contributed by atoms with Crippen LogP contribution in [0.5, 0.6) is 0 Å². The first kappa shape index (κ1) is 14.3. The van der Waals surface area contributed by atoms with E-state index >= 15 is 0 Å². The number of piperidine rings is 1. The number of nitrogens with zero attached hydrogens (tertiary/aromatic N) is 1. The summed E-state index contributed by atoms with van der Waals surface area (Å²) < 4.78 is 0. The van der Waals surface area contributed by atoms with Crippen molar-refractivity contribution in [3.05, 3.63) is 33.9 Å². The molecule has 0 unspecified atom stereocenters. The van der Waals surface area contributed by atoms with Crippen molar-refractivity contribution < 1.29 is 9.72 Å². The third-order valence-electron chi connectivity index (χ3n) is 3.52. The van der Waals surface area contributed by atoms with Crippen LogP contribution < -0.4 is 16.4 Å². The minimum absolute atomic E-state index is 0.116. The highest BCUT2D eigenvalue weighted by molar-refractivity contribution is 5.94. The molecule has 0 radical (unpaired) electrons. The van der Waals surface area contributed by atoms with Crippen molar-refractivity contribution in [2.24, 2.45) is 11.7 Å². The van der Waals surface area contributed by atoms with Crippen LogP contribution in [0, 0.1) is 16.0 Å². The largest absolute Gasteiger partial charge is 0.379 e. The summed E-state index contributed by atoms with van der Waals surface area (Å²) in [5.74, 6) is -0.162. The lowest BCUT2D eigenvalue weighted by atomic mass is 9.98. The van der Waals surface area contributed by atoms with Gasteiger partial charge in [0.15, 0.2) is 0 Å². The molecule has 1 aliphatic heterocycles. The first-order valence-corrected chi connectivity index (χ1v) is 6.60. The lowest BCUT2D eigenvalue weighted by molar-refractivity contribution is -0.384. The number of nitrogens with two attached hydrogens (primary N) is 1. The molecule has 0 bridgehead atoms. The van der Waals surface area contributed by atoms with Gasteiger partial charge in [-0.25, -0.2) is 0 Å². The van der Waals surface area contributed by atoms with Gasteiger partial charge in [-0.3, -0.25) is 14.9 Å². The van der Waals surface area contributed by atoms with Crippen molar-refractivity contribution in [3.63, 3.8) is 0 Å². The second kappa shape index (κ2) is 6.33. The topological polar surface area (TPSA) is 110 Å². The van der Waals surface area contributed by atoms with Crippen molar-refractivity contribution in [2.45, 2.75) is 12.8 Å². The monoisotopic (exact) mass is 278 g/mol. The normalized spacial score (nSPS) is 15.8. The number of anilines is 1. The zero-order valence-corrected chi connectivity index (χ0v) is 11.1. The Morgan fingerprint density at radius 1 is 1.45 bits per heavy atom. The molecule has 108 valence electrons. The van der Waals surface area contributed by atoms with Crippen LogP contribution in [-0.2, 0) is 0 Å². The van der Waals surface area contributed by atoms with Gasteiger partial charge in [-0.2, -0.15) is 0 Å². The molecule has 0 spiro atoms. The summed E-state index contributed by atoms with van der Waals surface area (Å²) in [6.45, 7) is 2.66. The average molecular weight is 278 g/mol. The van der Waals surface area contributed by atoms with Crippen LogP contribution in [0.4, 0.5) is 11.4 Å². The summed E-state index contributed by atoms with van der Waals surface area (Å²) in [5, 5.41) is 17.4. The Kier molecular flexibility index (Phi) is 4.52. The number of nitro benzene ring substituents is 1. The molecule has 1 amide bonds. The maximum absolute atomic E-state index is 11.1. The quantitative estimate of drug-likeness (QED) is 0.552. The number of rotatable bonds is 5. The van der Waals surface area contributed by atoms with E-state index in [-0.39, 0.29) is 11.3 Å². The Bertz CT molecular complexity index is 512. The fourth-order valence-corrected chi connectivity index (χ4v) is 2.33. The summed E-state index contributed by atoms with van der Waals surface area (Å²) >= 11 is 0. The van der Waals surface area contributed by atoms with Gasteiger partial charge in [-0.05, 0) is 44.0 Å². The summed E-state index contributed by atoms with van der Waals surface area (Å²) in [6, 6.07) is 4.26. The summed E-state index contributed by atoms with van der Waals surface area (Å²) in [6.07, 6.45) is 2.11. The van der Waals surface area contributed by atoms with Crippen LogP contribution in [-0.4, -0.2) is 30.5 Å². The minimum Gasteiger partial charge on any atom is -0.379 e. The molecule has 4 N–H and O–H groups in total. The van der Waals surface area contributed by atoms with E-state index in [0.29, 0.717) is 18.2 Å². The Labute approximate surface area is 116 Å². The number of hydrogen-bond acceptors (Lipinski definition) is 5. The van der Waals surface area contributed by atoms with Gasteiger partial charge in [0.1, 0.15) is 5.69 Å². The van der Waals surface area contributed by atoms with E-state index in [1.165, 1.54) is 12.1 Å². The van der Waals surface area contributed by atoms with Crippen molar-refractivity contribution in [3.8, 4) is 0 Å². The number of carbonyl (C=O) groups excluding carboxylic acids is 1. The third-order valence-corrected chi connectivity index (χ3v) is 3.52. The van der Waals surface area contributed by atoms with Crippen LogP contribution in [0.1, 0.15) is 23.2 Å². The van der Waals surface area contributed by atoms with Gasteiger partial charge in [-0.1, -0.05) is 0 Å². The Morgan fingerprint density at radius 2 is 2.15 bits per heavy atom. The van der Waals surface area contributed by atoms with Gasteiger partial charge >= 0.3 is 0 Å². The van der Waals surface area contributed by atoms with E-state index in [1.807, 2.05) is 0 Å². The first-order valence-electron chi connectivity index (χ1n) is 6.60. The molecule has 0 aromatic heterocycles. The predicted molar refractivity (Wildman–Crippen MR) is 75.7 cm³/mol. The maximum atomic E-state index is 11.1. The summed E-state index contributed by atoms with van der Waals surface area (Å²) in [4.78, 5) is 21.6. The van der Waals surface area contributed by atoms with Crippen molar-refractivity contribution in [1.29, 1.82) is 0 Å². The summed E-state index contributed by atoms with van der Waals surface area (Å²) in [5.41, 5.74) is 5.59. The fourth-order valence-electron chi connectivity index (χ4n) is 2.33. The molecular weight excluding hydrogens is 260 g/mol. The molecule has 20 heavy (non-hydrogen) atoms. The molecule has 1 aromatic carbocycles. The summed E-state index contributed by atoms with van der Waals surface area (Å²) in [7, 11) is 0. The second-order valence-corrected chi connectivity index (χ2v) is 4.93. The average Bonchev–Trinajstić information content (AvgIpc) is 2.45. The number of hydrogen-bond donors (Lipinski definition) is 3. The number of primary amides is 1. The minimum atomic E-state index is -0.669. The van der Waals surface area contributed by atoms with E-state index in [4.69, 9.17) is 5.73 Å². The van der Waals surface area contributed by atoms with E-state index in [1.54, 1.807) is 6.07 Å². The molecule has 1 saturated heterocycles.